The third kappa shape index (κ3) is 5.07. The lowest BCUT2D eigenvalue weighted by Gasteiger charge is -2.36. The van der Waals surface area contributed by atoms with Crippen LogP contribution in [0.4, 0.5) is 4.39 Å². The zero-order valence-electron chi connectivity index (χ0n) is 14.4. The molecule has 0 bridgehead atoms. The summed E-state index contributed by atoms with van der Waals surface area (Å²) < 4.78 is 19.7. The van der Waals surface area contributed by atoms with Crippen molar-refractivity contribution in [3.63, 3.8) is 0 Å². The Morgan fingerprint density at radius 1 is 1.26 bits per heavy atom. The Morgan fingerprint density at radius 2 is 1.96 bits per heavy atom. The number of halogens is 2. The molecule has 1 aliphatic rings. The normalized spacial score (nSPS) is 17.5. The number of rotatable bonds is 7. The molecule has 1 heterocycles. The van der Waals surface area contributed by atoms with Crippen molar-refractivity contribution in [2.45, 2.75) is 39.7 Å². The van der Waals surface area contributed by atoms with Gasteiger partial charge in [0.2, 0.25) is 0 Å². The molecule has 1 saturated heterocycles. The molecule has 0 radical (unpaired) electrons. The Hall–Kier alpha value is -0.840. The number of benzene rings is 1. The van der Waals surface area contributed by atoms with E-state index in [2.05, 4.69) is 24.1 Å². The molecule has 1 aromatic carbocycles. The van der Waals surface area contributed by atoms with Gasteiger partial charge in [-0.1, -0.05) is 25.4 Å². The van der Waals surface area contributed by atoms with Gasteiger partial charge in [-0.2, -0.15) is 0 Å². The summed E-state index contributed by atoms with van der Waals surface area (Å²) in [5, 5.41) is 3.74. The fourth-order valence-electron chi connectivity index (χ4n) is 3.10. The van der Waals surface area contributed by atoms with E-state index in [0.29, 0.717) is 17.5 Å². The van der Waals surface area contributed by atoms with E-state index in [1.54, 1.807) is 6.07 Å². The summed E-state index contributed by atoms with van der Waals surface area (Å²) in [6, 6.07) is 3.69. The van der Waals surface area contributed by atoms with Crippen molar-refractivity contribution < 1.29 is 9.13 Å². The molecule has 0 spiro atoms. The molecule has 0 unspecified atom stereocenters. The molecule has 2 rings (SSSR count). The molecule has 1 aromatic rings. The highest BCUT2D eigenvalue weighted by molar-refractivity contribution is 6.32. The Balaban J connectivity index is 2.26. The second-order valence-corrected chi connectivity index (χ2v) is 6.93. The maximum Gasteiger partial charge on any atom is 0.173 e. The van der Waals surface area contributed by atoms with E-state index >= 15 is 0 Å². The van der Waals surface area contributed by atoms with Crippen molar-refractivity contribution in [1.29, 1.82) is 0 Å². The number of nitrogens with one attached hydrogen (secondary N) is 1. The number of piperazine rings is 1. The van der Waals surface area contributed by atoms with E-state index in [-0.39, 0.29) is 17.6 Å². The van der Waals surface area contributed by atoms with Gasteiger partial charge in [0, 0.05) is 32.2 Å². The van der Waals surface area contributed by atoms with Gasteiger partial charge in [0.1, 0.15) is 0 Å². The molecule has 5 heteroatoms. The average Bonchev–Trinajstić information content (AvgIpc) is 2.52. The number of ether oxygens (including phenoxy) is 1. The quantitative estimate of drug-likeness (QED) is 0.801. The van der Waals surface area contributed by atoms with E-state index in [9.17, 15) is 4.39 Å². The van der Waals surface area contributed by atoms with Crippen molar-refractivity contribution in [2.24, 2.45) is 5.92 Å². The molecule has 0 aliphatic carbocycles. The van der Waals surface area contributed by atoms with Crippen molar-refractivity contribution >= 4 is 11.6 Å². The van der Waals surface area contributed by atoms with Gasteiger partial charge in [0.25, 0.3) is 0 Å². The lowest BCUT2D eigenvalue weighted by atomic mass is 9.95. The zero-order chi connectivity index (χ0) is 16.8. The van der Waals surface area contributed by atoms with Crippen LogP contribution >= 0.6 is 11.6 Å². The molecule has 1 N–H and O–H groups in total. The van der Waals surface area contributed by atoms with Gasteiger partial charge < -0.3 is 10.1 Å². The first-order valence-corrected chi connectivity index (χ1v) is 8.97. The second-order valence-electron chi connectivity index (χ2n) is 6.52. The predicted octanol–water partition coefficient (Wildman–Crippen LogP) is 4.26. The van der Waals surface area contributed by atoms with E-state index in [1.807, 2.05) is 13.0 Å². The molecule has 0 saturated carbocycles. The van der Waals surface area contributed by atoms with Crippen LogP contribution in [0, 0.1) is 11.7 Å². The largest absolute Gasteiger partial charge is 0.489 e. The van der Waals surface area contributed by atoms with Gasteiger partial charge in [-0.05, 0) is 43.4 Å². The van der Waals surface area contributed by atoms with Gasteiger partial charge >= 0.3 is 0 Å². The third-order valence-corrected chi connectivity index (χ3v) is 4.58. The van der Waals surface area contributed by atoms with Crippen molar-refractivity contribution in [3.8, 4) is 5.75 Å². The van der Waals surface area contributed by atoms with E-state index in [1.165, 1.54) is 0 Å². The fraction of sp³-hybridized carbons (Fsp3) is 0.667. The minimum Gasteiger partial charge on any atom is -0.489 e. The molecule has 1 atom stereocenters. The maximum atomic E-state index is 14.4. The maximum absolute atomic E-state index is 14.4. The highest BCUT2D eigenvalue weighted by Crippen LogP contribution is 2.35. The number of hydrogen-bond acceptors (Lipinski definition) is 3. The second kappa shape index (κ2) is 8.86. The summed E-state index contributed by atoms with van der Waals surface area (Å²) in [6.07, 6.45) is 2.13. The summed E-state index contributed by atoms with van der Waals surface area (Å²) in [5.74, 6) is 0.434. The van der Waals surface area contributed by atoms with Crippen molar-refractivity contribution in [1.82, 2.24) is 10.2 Å². The van der Waals surface area contributed by atoms with Gasteiger partial charge in [-0.3, -0.25) is 4.90 Å². The Labute approximate surface area is 144 Å². The third-order valence-electron chi connectivity index (χ3n) is 4.30. The summed E-state index contributed by atoms with van der Waals surface area (Å²) in [6.45, 7) is 10.6. The molecule has 3 nitrogen and oxygen atoms in total. The lowest BCUT2D eigenvalue weighted by Crippen LogP contribution is -2.45. The van der Waals surface area contributed by atoms with E-state index in [0.717, 1.165) is 44.6 Å². The summed E-state index contributed by atoms with van der Waals surface area (Å²) in [4.78, 5) is 2.43. The smallest absolute Gasteiger partial charge is 0.173 e. The Bertz CT molecular complexity index is 481. The van der Waals surface area contributed by atoms with Crippen LogP contribution in [0.3, 0.4) is 0 Å². The summed E-state index contributed by atoms with van der Waals surface area (Å²) in [7, 11) is 0. The van der Waals surface area contributed by atoms with E-state index in [4.69, 9.17) is 16.3 Å². The zero-order valence-corrected chi connectivity index (χ0v) is 15.1. The Kier molecular flexibility index (Phi) is 7.12. The van der Waals surface area contributed by atoms with Crippen LogP contribution < -0.4 is 10.1 Å². The first-order valence-electron chi connectivity index (χ1n) is 8.59. The first-order chi connectivity index (χ1) is 11.0. The highest BCUT2D eigenvalue weighted by atomic mass is 35.5. The summed E-state index contributed by atoms with van der Waals surface area (Å²) in [5.41, 5.74) is 0.957. The average molecular weight is 343 g/mol. The SMILES string of the molecule is CCOc1c(F)cc([C@H](CCC(C)C)N2CCNCC2)cc1Cl. The highest BCUT2D eigenvalue weighted by Gasteiger charge is 2.24. The molecule has 0 aromatic heterocycles. The van der Waals surface area contributed by atoms with E-state index < -0.39 is 0 Å². The van der Waals surface area contributed by atoms with Crippen LogP contribution in [0.5, 0.6) is 5.75 Å². The lowest BCUT2D eigenvalue weighted by molar-refractivity contribution is 0.159. The number of hydrogen-bond donors (Lipinski definition) is 1. The molecule has 1 aliphatic heterocycles. The fourth-order valence-corrected chi connectivity index (χ4v) is 3.37. The molecular formula is C18H28ClFN2O. The standard InChI is InChI=1S/C18H28ClFN2O/c1-4-23-18-15(19)11-14(12-16(18)20)17(6-5-13(2)3)22-9-7-21-8-10-22/h11-13,17,21H,4-10H2,1-3H3/t17-/m0/s1. The molecule has 0 amide bonds. The predicted molar refractivity (Wildman–Crippen MR) is 93.8 cm³/mol. The number of nitrogens with zero attached hydrogens (tertiary/aromatic N) is 1. The van der Waals surface area contributed by atoms with Crippen LogP contribution in [0.1, 0.15) is 45.2 Å². The minimum atomic E-state index is -0.362. The van der Waals surface area contributed by atoms with Crippen LogP contribution in [-0.2, 0) is 0 Å². The van der Waals surface area contributed by atoms with Crippen LogP contribution in [0.25, 0.3) is 0 Å². The van der Waals surface area contributed by atoms with Gasteiger partial charge in [0.15, 0.2) is 11.6 Å². The van der Waals surface area contributed by atoms with Crippen LogP contribution in [0.2, 0.25) is 5.02 Å². The topological polar surface area (TPSA) is 24.5 Å². The van der Waals surface area contributed by atoms with Crippen molar-refractivity contribution in [2.75, 3.05) is 32.8 Å². The molecular weight excluding hydrogens is 315 g/mol. The van der Waals surface area contributed by atoms with Gasteiger partial charge in [-0.15, -0.1) is 0 Å². The van der Waals surface area contributed by atoms with Crippen molar-refractivity contribution in [3.05, 3.63) is 28.5 Å². The molecule has 1 fully saturated rings. The first kappa shape index (κ1) is 18.5. The molecule has 130 valence electrons. The van der Waals surface area contributed by atoms with Gasteiger partial charge in [0.05, 0.1) is 11.6 Å². The monoisotopic (exact) mass is 342 g/mol. The van der Waals surface area contributed by atoms with Crippen LogP contribution in [-0.4, -0.2) is 37.7 Å². The molecule has 23 heavy (non-hydrogen) atoms. The van der Waals surface area contributed by atoms with Crippen LogP contribution in [0.15, 0.2) is 12.1 Å². The Morgan fingerprint density at radius 3 is 2.52 bits per heavy atom. The minimum absolute atomic E-state index is 0.167. The van der Waals surface area contributed by atoms with Gasteiger partial charge in [-0.25, -0.2) is 4.39 Å². The summed E-state index contributed by atoms with van der Waals surface area (Å²) >= 11 is 6.26.